The topological polar surface area (TPSA) is 28.7 Å². The lowest BCUT2D eigenvalue weighted by Crippen LogP contribution is -2.01. The smallest absolute Gasteiger partial charge is 0.0927 e. The average molecular weight is 210 g/mol. The van der Waals surface area contributed by atoms with Gasteiger partial charge >= 0.3 is 0 Å². The molecule has 0 aliphatic heterocycles. The van der Waals surface area contributed by atoms with Crippen LogP contribution in [0.25, 0.3) is 11.6 Å². The largest absolute Gasteiger partial charge is 0.351 e. The van der Waals surface area contributed by atoms with Crippen molar-refractivity contribution in [3.63, 3.8) is 0 Å². The molecule has 1 heterocycles. The maximum absolute atomic E-state index is 4.25. The Morgan fingerprint density at radius 1 is 1.19 bits per heavy atom. The third kappa shape index (κ3) is 1.67. The molecule has 1 N–H and O–H groups in total. The van der Waals surface area contributed by atoms with Crippen molar-refractivity contribution < 1.29 is 0 Å². The summed E-state index contributed by atoms with van der Waals surface area (Å²) in [4.78, 5) is 7.24. The van der Waals surface area contributed by atoms with E-state index in [0.29, 0.717) is 0 Å². The number of benzene rings is 1. The lowest BCUT2D eigenvalue weighted by Gasteiger charge is -2.18. The van der Waals surface area contributed by atoms with Crippen molar-refractivity contribution in [1.29, 1.82) is 0 Å². The highest BCUT2D eigenvalue weighted by molar-refractivity contribution is 5.82. The van der Waals surface area contributed by atoms with E-state index in [4.69, 9.17) is 0 Å². The molecule has 2 nitrogen and oxygen atoms in total. The summed E-state index contributed by atoms with van der Waals surface area (Å²) < 4.78 is 0. The van der Waals surface area contributed by atoms with Gasteiger partial charge < -0.3 is 4.98 Å². The number of allylic oxidation sites excluding steroid dienone is 1. The van der Waals surface area contributed by atoms with E-state index >= 15 is 0 Å². The molecule has 1 aromatic heterocycles. The van der Waals surface area contributed by atoms with Gasteiger partial charge in [0, 0.05) is 6.20 Å². The van der Waals surface area contributed by atoms with E-state index in [2.05, 4.69) is 40.3 Å². The lowest BCUT2D eigenvalue weighted by molar-refractivity contribution is 0.824. The third-order valence-electron chi connectivity index (χ3n) is 3.10. The van der Waals surface area contributed by atoms with Crippen molar-refractivity contribution in [3.8, 4) is 0 Å². The van der Waals surface area contributed by atoms with Gasteiger partial charge in [-0.05, 0) is 42.0 Å². The van der Waals surface area contributed by atoms with Crippen LogP contribution in [0.5, 0.6) is 0 Å². The Kier molecular flexibility index (Phi) is 2.33. The summed E-state index contributed by atoms with van der Waals surface area (Å²) in [6.07, 6.45) is 9.45. The van der Waals surface area contributed by atoms with Crippen LogP contribution in [0.4, 0.5) is 0 Å². The summed E-state index contributed by atoms with van der Waals surface area (Å²) in [6, 6.07) is 8.68. The van der Waals surface area contributed by atoms with Crippen molar-refractivity contribution in [2.45, 2.75) is 19.3 Å². The van der Waals surface area contributed by atoms with Crippen LogP contribution in [0.2, 0.25) is 0 Å². The number of H-pyrrole nitrogens is 1. The van der Waals surface area contributed by atoms with Gasteiger partial charge in [0.1, 0.15) is 0 Å². The number of hydrogen-bond donors (Lipinski definition) is 1. The Morgan fingerprint density at radius 2 is 2.12 bits per heavy atom. The summed E-state index contributed by atoms with van der Waals surface area (Å²) in [5, 5.41) is 0. The highest BCUT2D eigenvalue weighted by Crippen LogP contribution is 2.31. The number of nitrogens with zero attached hydrogens (tertiary/aromatic N) is 1. The minimum atomic E-state index is 1.02. The van der Waals surface area contributed by atoms with Crippen LogP contribution in [0, 0.1) is 0 Å². The highest BCUT2D eigenvalue weighted by atomic mass is 14.8. The number of hydrogen-bond acceptors (Lipinski definition) is 1. The predicted molar refractivity (Wildman–Crippen MR) is 65.8 cm³/mol. The molecule has 0 saturated heterocycles. The van der Waals surface area contributed by atoms with Gasteiger partial charge in [-0.3, -0.25) is 0 Å². The number of aryl methyl sites for hydroxylation is 1. The molecule has 2 heteroatoms. The van der Waals surface area contributed by atoms with Crippen molar-refractivity contribution in [1.82, 2.24) is 9.97 Å². The molecule has 0 saturated carbocycles. The van der Waals surface area contributed by atoms with E-state index in [1.165, 1.54) is 29.5 Å². The SMILES string of the molecule is C(=C1/CCCc2ccccc21)/c1c[nH]cn1. The Bertz CT molecular complexity index is 509. The second-order valence-electron chi connectivity index (χ2n) is 4.17. The fraction of sp³-hybridized carbons (Fsp3) is 0.214. The minimum absolute atomic E-state index is 1.02. The summed E-state index contributed by atoms with van der Waals surface area (Å²) >= 11 is 0. The average Bonchev–Trinajstić information content (AvgIpc) is 2.82. The summed E-state index contributed by atoms with van der Waals surface area (Å²) in [6.45, 7) is 0. The number of nitrogens with one attached hydrogen (secondary N) is 1. The van der Waals surface area contributed by atoms with E-state index in [-0.39, 0.29) is 0 Å². The number of aromatic amines is 1. The molecular weight excluding hydrogens is 196 g/mol. The molecule has 1 aromatic carbocycles. The highest BCUT2D eigenvalue weighted by Gasteiger charge is 2.13. The molecule has 0 spiro atoms. The van der Waals surface area contributed by atoms with Crippen molar-refractivity contribution in [3.05, 3.63) is 53.6 Å². The fourth-order valence-corrected chi connectivity index (χ4v) is 2.33. The van der Waals surface area contributed by atoms with E-state index in [1.54, 1.807) is 6.33 Å². The number of imidazole rings is 1. The predicted octanol–water partition coefficient (Wildman–Crippen LogP) is 3.29. The van der Waals surface area contributed by atoms with Gasteiger partial charge in [-0.25, -0.2) is 4.98 Å². The Morgan fingerprint density at radius 3 is 3.00 bits per heavy atom. The Hall–Kier alpha value is -1.83. The summed E-state index contributed by atoms with van der Waals surface area (Å²) in [5.41, 5.74) is 5.30. The molecule has 0 amide bonds. The second-order valence-corrected chi connectivity index (χ2v) is 4.17. The zero-order valence-electron chi connectivity index (χ0n) is 9.11. The van der Waals surface area contributed by atoms with Gasteiger partial charge in [-0.15, -0.1) is 0 Å². The summed E-state index contributed by atoms with van der Waals surface area (Å²) in [7, 11) is 0. The molecule has 16 heavy (non-hydrogen) atoms. The molecule has 0 radical (unpaired) electrons. The quantitative estimate of drug-likeness (QED) is 0.768. The van der Waals surface area contributed by atoms with Crippen LogP contribution in [0.3, 0.4) is 0 Å². The molecule has 0 fully saturated rings. The number of aromatic nitrogens is 2. The molecule has 80 valence electrons. The van der Waals surface area contributed by atoms with Gasteiger partial charge in [0.2, 0.25) is 0 Å². The van der Waals surface area contributed by atoms with Crippen LogP contribution < -0.4 is 0 Å². The van der Waals surface area contributed by atoms with Gasteiger partial charge in [-0.1, -0.05) is 24.3 Å². The first kappa shape index (κ1) is 9.40. The van der Waals surface area contributed by atoms with Crippen LogP contribution in [-0.2, 0) is 6.42 Å². The Balaban J connectivity index is 2.05. The molecule has 0 bridgehead atoms. The van der Waals surface area contributed by atoms with Gasteiger partial charge in [-0.2, -0.15) is 0 Å². The Labute approximate surface area is 95.0 Å². The number of fused-ring (bicyclic) bond motifs is 1. The van der Waals surface area contributed by atoms with E-state index in [9.17, 15) is 0 Å². The van der Waals surface area contributed by atoms with E-state index in [1.807, 2.05) is 6.20 Å². The zero-order chi connectivity index (χ0) is 10.8. The standard InChI is InChI=1S/C14H14N2/c1-2-7-14-11(4-1)5-3-6-12(14)8-13-9-15-10-16-13/h1-2,4,7-10H,3,5-6H2,(H,15,16)/b12-8+. The first-order valence-electron chi connectivity index (χ1n) is 5.71. The number of rotatable bonds is 1. The van der Waals surface area contributed by atoms with Crippen LogP contribution in [-0.4, -0.2) is 9.97 Å². The maximum atomic E-state index is 4.25. The van der Waals surface area contributed by atoms with Crippen LogP contribution in [0.15, 0.2) is 36.8 Å². The molecule has 1 aliphatic carbocycles. The van der Waals surface area contributed by atoms with Gasteiger partial charge in [0.15, 0.2) is 0 Å². The van der Waals surface area contributed by atoms with Gasteiger partial charge in [0.25, 0.3) is 0 Å². The molecular formula is C14H14N2. The molecule has 3 rings (SSSR count). The van der Waals surface area contributed by atoms with E-state index in [0.717, 1.165) is 12.1 Å². The van der Waals surface area contributed by atoms with Crippen molar-refractivity contribution in [2.24, 2.45) is 0 Å². The van der Waals surface area contributed by atoms with Gasteiger partial charge in [0.05, 0.1) is 12.0 Å². The second kappa shape index (κ2) is 3.97. The fourth-order valence-electron chi connectivity index (χ4n) is 2.33. The van der Waals surface area contributed by atoms with Crippen molar-refractivity contribution in [2.75, 3.05) is 0 Å². The lowest BCUT2D eigenvalue weighted by atomic mass is 9.87. The monoisotopic (exact) mass is 210 g/mol. The third-order valence-corrected chi connectivity index (χ3v) is 3.10. The van der Waals surface area contributed by atoms with Crippen molar-refractivity contribution >= 4 is 11.6 Å². The first-order chi connectivity index (χ1) is 7.93. The molecule has 1 aliphatic rings. The molecule has 2 aromatic rings. The first-order valence-corrected chi connectivity index (χ1v) is 5.71. The minimum Gasteiger partial charge on any atom is -0.351 e. The maximum Gasteiger partial charge on any atom is 0.0927 e. The zero-order valence-corrected chi connectivity index (χ0v) is 9.11. The summed E-state index contributed by atoms with van der Waals surface area (Å²) in [5.74, 6) is 0. The van der Waals surface area contributed by atoms with Crippen LogP contribution >= 0.6 is 0 Å². The normalized spacial score (nSPS) is 17.4. The molecule has 0 unspecified atom stereocenters. The van der Waals surface area contributed by atoms with E-state index < -0.39 is 0 Å². The van der Waals surface area contributed by atoms with Crippen LogP contribution in [0.1, 0.15) is 29.7 Å². The molecule has 0 atom stereocenters.